The van der Waals surface area contributed by atoms with Gasteiger partial charge in [0, 0.05) is 9.80 Å². The summed E-state index contributed by atoms with van der Waals surface area (Å²) in [5.41, 5.74) is 0.0128. The van der Waals surface area contributed by atoms with E-state index in [0.717, 1.165) is 37.3 Å². The summed E-state index contributed by atoms with van der Waals surface area (Å²) in [6.07, 6.45) is 2.24. The average molecular weight is 464 g/mol. The lowest BCUT2D eigenvalue weighted by molar-refractivity contribution is 0.203. The molecule has 0 saturated heterocycles. The first-order chi connectivity index (χ1) is 7.06. The molecule has 0 heterocycles. The first-order valence-electron chi connectivity index (χ1n) is 4.46. The molecule has 1 saturated carbocycles. The van der Waals surface area contributed by atoms with E-state index in [2.05, 4.69) is 63.7 Å². The highest BCUT2D eigenvalue weighted by atomic mass is 79.9. The van der Waals surface area contributed by atoms with Crippen molar-refractivity contribution in [3.05, 3.63) is 25.6 Å². The van der Waals surface area contributed by atoms with E-state index >= 15 is 0 Å². The largest absolute Gasteiger partial charge is 0.484 e. The lowest BCUT2D eigenvalue weighted by atomic mass is 10.3. The van der Waals surface area contributed by atoms with Crippen LogP contribution in [0.5, 0.6) is 5.75 Å². The van der Waals surface area contributed by atoms with Crippen LogP contribution in [-0.4, -0.2) is 10.9 Å². The Hall–Kier alpha value is 0.940. The van der Waals surface area contributed by atoms with Gasteiger partial charge in [0.1, 0.15) is 11.4 Å². The van der Waals surface area contributed by atoms with E-state index in [1.165, 1.54) is 0 Å². The Bertz CT molecular complexity index is 364. The molecule has 1 aromatic rings. The fourth-order valence-electron chi connectivity index (χ4n) is 1.25. The lowest BCUT2D eigenvalue weighted by Gasteiger charge is -2.18. The second-order valence-electron chi connectivity index (χ2n) is 3.62. The van der Waals surface area contributed by atoms with Gasteiger partial charge in [-0.15, -0.1) is 0 Å². The summed E-state index contributed by atoms with van der Waals surface area (Å²) >= 11 is 13.9. The van der Waals surface area contributed by atoms with Crippen molar-refractivity contribution >= 4 is 63.7 Å². The van der Waals surface area contributed by atoms with Crippen LogP contribution in [0.3, 0.4) is 0 Å². The molecule has 5 heteroatoms. The molecule has 0 amide bonds. The molecule has 0 N–H and O–H groups in total. The fourth-order valence-corrected chi connectivity index (χ4v) is 4.34. The van der Waals surface area contributed by atoms with Gasteiger partial charge in [-0.25, -0.2) is 0 Å². The fraction of sp³-hybridized carbons (Fsp3) is 0.400. The molecule has 0 unspecified atom stereocenters. The van der Waals surface area contributed by atoms with Gasteiger partial charge >= 0.3 is 0 Å². The Morgan fingerprint density at radius 1 is 1.13 bits per heavy atom. The average Bonchev–Trinajstić information content (AvgIpc) is 2.92. The van der Waals surface area contributed by atoms with Gasteiger partial charge < -0.3 is 4.74 Å². The van der Waals surface area contributed by atoms with Gasteiger partial charge in [-0.1, -0.05) is 31.9 Å². The monoisotopic (exact) mass is 460 g/mol. The molecular formula is C10H8Br4O. The molecule has 0 atom stereocenters. The van der Waals surface area contributed by atoms with Gasteiger partial charge in [0.2, 0.25) is 0 Å². The molecule has 1 aromatic carbocycles. The normalized spacial score (nSPS) is 17.6. The molecule has 0 radical (unpaired) electrons. The van der Waals surface area contributed by atoms with Gasteiger partial charge in [-0.05, 0) is 56.8 Å². The van der Waals surface area contributed by atoms with Crippen molar-refractivity contribution in [2.45, 2.75) is 18.4 Å². The van der Waals surface area contributed by atoms with Crippen LogP contribution in [0.4, 0.5) is 0 Å². The van der Waals surface area contributed by atoms with E-state index in [-0.39, 0.29) is 5.60 Å². The highest BCUT2D eigenvalue weighted by Gasteiger charge is 2.45. The molecule has 0 aliphatic heterocycles. The first kappa shape index (κ1) is 12.4. The minimum absolute atomic E-state index is 0.0128. The third-order valence-corrected chi connectivity index (χ3v) is 4.99. The van der Waals surface area contributed by atoms with Crippen LogP contribution < -0.4 is 4.74 Å². The number of ether oxygens (including phenoxy) is 1. The van der Waals surface area contributed by atoms with E-state index in [4.69, 9.17) is 4.74 Å². The van der Waals surface area contributed by atoms with Crippen molar-refractivity contribution in [1.29, 1.82) is 0 Å². The molecule has 0 bridgehead atoms. The summed E-state index contributed by atoms with van der Waals surface area (Å²) in [4.78, 5) is 0. The SMILES string of the molecule is BrCC1(Oc2c(Br)cc(Br)cc2Br)CC1. The first-order valence-corrected chi connectivity index (χ1v) is 7.96. The zero-order chi connectivity index (χ0) is 11.1. The maximum Gasteiger partial charge on any atom is 0.148 e. The summed E-state index contributed by atoms with van der Waals surface area (Å²) in [5, 5.41) is 0.884. The third-order valence-electron chi connectivity index (χ3n) is 2.33. The van der Waals surface area contributed by atoms with E-state index in [1.54, 1.807) is 0 Å². The molecule has 0 aromatic heterocycles. The summed E-state index contributed by atoms with van der Waals surface area (Å²) in [6, 6.07) is 3.98. The highest BCUT2D eigenvalue weighted by molar-refractivity contribution is 9.11. The summed E-state index contributed by atoms with van der Waals surface area (Å²) in [5.74, 6) is 0.884. The summed E-state index contributed by atoms with van der Waals surface area (Å²) in [7, 11) is 0. The van der Waals surface area contributed by atoms with E-state index in [9.17, 15) is 0 Å². The molecule has 2 rings (SSSR count). The smallest absolute Gasteiger partial charge is 0.148 e. The predicted octanol–water partition coefficient (Wildman–Crippen LogP) is 5.28. The van der Waals surface area contributed by atoms with Crippen molar-refractivity contribution in [1.82, 2.24) is 0 Å². The summed E-state index contributed by atoms with van der Waals surface area (Å²) in [6.45, 7) is 0. The van der Waals surface area contributed by atoms with Crippen LogP contribution >= 0.6 is 63.7 Å². The number of hydrogen-bond acceptors (Lipinski definition) is 1. The maximum absolute atomic E-state index is 6.02. The minimum atomic E-state index is 0.0128. The Morgan fingerprint density at radius 3 is 2.07 bits per heavy atom. The molecule has 0 spiro atoms. The van der Waals surface area contributed by atoms with E-state index in [1.807, 2.05) is 12.1 Å². The van der Waals surface area contributed by atoms with Crippen LogP contribution in [0, 0.1) is 0 Å². The van der Waals surface area contributed by atoms with Crippen molar-refractivity contribution in [3.63, 3.8) is 0 Å². The predicted molar refractivity (Wildman–Crippen MR) is 75.9 cm³/mol. The van der Waals surface area contributed by atoms with E-state index < -0.39 is 0 Å². The van der Waals surface area contributed by atoms with Gasteiger partial charge in [0.05, 0.1) is 8.95 Å². The highest BCUT2D eigenvalue weighted by Crippen LogP contribution is 2.46. The van der Waals surface area contributed by atoms with Gasteiger partial charge in [-0.2, -0.15) is 0 Å². The molecular weight excluding hydrogens is 456 g/mol. The zero-order valence-corrected chi connectivity index (χ0v) is 14.0. The van der Waals surface area contributed by atoms with Gasteiger partial charge in [0.15, 0.2) is 0 Å². The maximum atomic E-state index is 6.02. The number of benzene rings is 1. The molecule has 1 nitrogen and oxygen atoms in total. The van der Waals surface area contributed by atoms with Crippen molar-refractivity contribution in [3.8, 4) is 5.75 Å². The van der Waals surface area contributed by atoms with Gasteiger partial charge in [-0.3, -0.25) is 0 Å². The van der Waals surface area contributed by atoms with Crippen LogP contribution in [0.1, 0.15) is 12.8 Å². The standard InChI is InChI=1S/C10H8Br4O/c11-5-10(1-2-10)15-9-7(13)3-6(12)4-8(9)14/h3-4H,1-2,5H2. The third kappa shape index (κ3) is 2.79. The van der Waals surface area contributed by atoms with Crippen molar-refractivity contribution in [2.24, 2.45) is 0 Å². The topological polar surface area (TPSA) is 9.23 Å². The lowest BCUT2D eigenvalue weighted by Crippen LogP contribution is -2.20. The number of rotatable bonds is 3. The molecule has 1 fully saturated rings. The number of alkyl halides is 1. The molecule has 1 aliphatic carbocycles. The second kappa shape index (κ2) is 4.67. The molecule has 82 valence electrons. The Labute approximate surface area is 122 Å². The Kier molecular flexibility index (Phi) is 3.86. The van der Waals surface area contributed by atoms with Crippen LogP contribution in [0.15, 0.2) is 25.6 Å². The molecule has 1 aliphatic rings. The van der Waals surface area contributed by atoms with Crippen LogP contribution in [0.25, 0.3) is 0 Å². The van der Waals surface area contributed by atoms with Crippen molar-refractivity contribution < 1.29 is 4.74 Å². The Balaban J connectivity index is 2.28. The number of hydrogen-bond donors (Lipinski definition) is 0. The molecule has 15 heavy (non-hydrogen) atoms. The minimum Gasteiger partial charge on any atom is -0.484 e. The van der Waals surface area contributed by atoms with Crippen molar-refractivity contribution in [2.75, 3.05) is 5.33 Å². The van der Waals surface area contributed by atoms with Gasteiger partial charge in [0.25, 0.3) is 0 Å². The quantitative estimate of drug-likeness (QED) is 0.554. The van der Waals surface area contributed by atoms with Crippen LogP contribution in [-0.2, 0) is 0 Å². The number of halogens is 4. The summed E-state index contributed by atoms with van der Waals surface area (Å²) < 4.78 is 8.98. The zero-order valence-electron chi connectivity index (χ0n) is 7.70. The second-order valence-corrected chi connectivity index (χ2v) is 6.80. The van der Waals surface area contributed by atoms with E-state index in [0.29, 0.717) is 0 Å². The van der Waals surface area contributed by atoms with Crippen LogP contribution in [0.2, 0.25) is 0 Å². The Morgan fingerprint density at radius 2 is 1.67 bits per heavy atom.